The number of hydrogen-bond donors (Lipinski definition) is 1. The molecule has 0 fully saturated rings. The van der Waals surface area contributed by atoms with E-state index in [2.05, 4.69) is 26.5 Å². The third kappa shape index (κ3) is 3.17. The lowest BCUT2D eigenvalue weighted by Crippen LogP contribution is -2.33. The summed E-state index contributed by atoms with van der Waals surface area (Å²) in [5, 5.41) is 4.84. The molecule has 106 valence electrons. The van der Waals surface area contributed by atoms with Crippen LogP contribution in [-0.2, 0) is 4.79 Å². The Kier molecular flexibility index (Phi) is 4.08. The lowest BCUT2D eigenvalue weighted by Gasteiger charge is -2.22. The Morgan fingerprint density at radius 2 is 1.76 bits per heavy atom. The topological polar surface area (TPSA) is 41.5 Å². The van der Waals surface area contributed by atoms with Crippen molar-refractivity contribution in [3.63, 3.8) is 0 Å². The molecule has 1 N–H and O–H groups in total. The van der Waals surface area contributed by atoms with Crippen LogP contribution in [0.2, 0.25) is 5.02 Å². The normalized spacial score (nSPS) is 18.1. The van der Waals surface area contributed by atoms with Crippen LogP contribution >= 0.6 is 27.5 Å². The van der Waals surface area contributed by atoms with Gasteiger partial charge in [-0.25, -0.2) is 5.43 Å². The fourth-order valence-electron chi connectivity index (χ4n) is 2.32. The molecule has 3 nitrogen and oxygen atoms in total. The number of amides is 1. The van der Waals surface area contributed by atoms with Crippen molar-refractivity contribution in [1.29, 1.82) is 0 Å². The van der Waals surface area contributed by atoms with Gasteiger partial charge in [0, 0.05) is 15.9 Å². The van der Waals surface area contributed by atoms with Crippen LogP contribution in [0.1, 0.15) is 23.5 Å². The van der Waals surface area contributed by atoms with E-state index >= 15 is 0 Å². The van der Waals surface area contributed by atoms with E-state index in [1.807, 2.05) is 36.4 Å². The molecule has 1 amide bonds. The minimum absolute atomic E-state index is 0.0850. The summed E-state index contributed by atoms with van der Waals surface area (Å²) in [5.74, 6) is -0.323. The van der Waals surface area contributed by atoms with Gasteiger partial charge in [0.1, 0.15) is 0 Å². The molecule has 0 unspecified atom stereocenters. The highest BCUT2D eigenvalue weighted by Crippen LogP contribution is 2.26. The third-order valence-electron chi connectivity index (χ3n) is 3.46. The number of carbonyl (C=O) groups excluding carboxylic acids is 1. The van der Waals surface area contributed by atoms with Crippen LogP contribution in [0.25, 0.3) is 0 Å². The van der Waals surface area contributed by atoms with Crippen molar-refractivity contribution in [3.8, 4) is 0 Å². The Labute approximate surface area is 136 Å². The number of rotatable bonds is 2. The van der Waals surface area contributed by atoms with Gasteiger partial charge in [-0.15, -0.1) is 0 Å². The highest BCUT2D eigenvalue weighted by atomic mass is 79.9. The molecule has 1 aliphatic heterocycles. The first-order valence-corrected chi connectivity index (χ1v) is 7.68. The average molecular weight is 364 g/mol. The number of benzene rings is 2. The zero-order chi connectivity index (χ0) is 14.8. The molecule has 3 rings (SSSR count). The summed E-state index contributed by atoms with van der Waals surface area (Å²) in [7, 11) is 0. The molecule has 0 bridgehead atoms. The molecule has 1 heterocycles. The number of nitrogens with one attached hydrogen (secondary N) is 1. The first kappa shape index (κ1) is 14.3. The Morgan fingerprint density at radius 3 is 2.43 bits per heavy atom. The molecule has 0 aromatic heterocycles. The standard InChI is InChI=1S/C16H12BrClN2O/c17-12-5-1-11(2-6-12)15-9-14(16(21)20-19-15)10-3-7-13(18)8-4-10/h1-8,14H,9H2,(H,20,21)/t14-/m1/s1. The second kappa shape index (κ2) is 6.00. The Bertz CT molecular complexity index is 695. The monoisotopic (exact) mass is 362 g/mol. The first-order valence-electron chi connectivity index (χ1n) is 6.51. The summed E-state index contributed by atoms with van der Waals surface area (Å²) in [4.78, 5) is 12.1. The van der Waals surface area contributed by atoms with Crippen molar-refractivity contribution in [1.82, 2.24) is 5.43 Å². The van der Waals surface area contributed by atoms with E-state index in [4.69, 9.17) is 11.6 Å². The Balaban J connectivity index is 1.88. The van der Waals surface area contributed by atoms with Crippen molar-refractivity contribution in [2.24, 2.45) is 5.10 Å². The molecule has 1 atom stereocenters. The highest BCUT2D eigenvalue weighted by Gasteiger charge is 2.27. The number of carbonyl (C=O) groups is 1. The van der Waals surface area contributed by atoms with Gasteiger partial charge in [-0.3, -0.25) is 4.79 Å². The predicted octanol–water partition coefficient (Wildman–Crippen LogP) is 4.11. The van der Waals surface area contributed by atoms with Gasteiger partial charge in [0.2, 0.25) is 5.91 Å². The molecule has 1 aliphatic rings. The summed E-state index contributed by atoms with van der Waals surface area (Å²) in [5.41, 5.74) is 5.45. The van der Waals surface area contributed by atoms with Gasteiger partial charge in [0.05, 0.1) is 11.6 Å². The second-order valence-electron chi connectivity index (χ2n) is 4.85. The molecular weight excluding hydrogens is 352 g/mol. The smallest absolute Gasteiger partial charge is 0.248 e. The molecule has 0 aliphatic carbocycles. The zero-order valence-electron chi connectivity index (χ0n) is 11.0. The highest BCUT2D eigenvalue weighted by molar-refractivity contribution is 9.10. The fraction of sp³-hybridized carbons (Fsp3) is 0.125. The van der Waals surface area contributed by atoms with Gasteiger partial charge >= 0.3 is 0 Å². The SMILES string of the molecule is O=C1NN=C(c2ccc(Br)cc2)C[C@@H]1c1ccc(Cl)cc1. The molecule has 0 spiro atoms. The Hall–Kier alpha value is -1.65. The van der Waals surface area contributed by atoms with Crippen LogP contribution in [0.4, 0.5) is 0 Å². The van der Waals surface area contributed by atoms with E-state index < -0.39 is 0 Å². The molecule has 5 heteroatoms. The molecule has 0 radical (unpaired) electrons. The number of hydrogen-bond acceptors (Lipinski definition) is 2. The molecule has 2 aromatic carbocycles. The summed E-state index contributed by atoms with van der Waals surface area (Å²) >= 11 is 9.31. The second-order valence-corrected chi connectivity index (χ2v) is 6.20. The van der Waals surface area contributed by atoms with Crippen LogP contribution in [-0.4, -0.2) is 11.6 Å². The van der Waals surface area contributed by atoms with E-state index in [9.17, 15) is 4.79 Å². The number of hydrazone groups is 1. The lowest BCUT2D eigenvalue weighted by molar-refractivity contribution is -0.122. The number of nitrogens with zero attached hydrogens (tertiary/aromatic N) is 1. The van der Waals surface area contributed by atoms with Gasteiger partial charge < -0.3 is 0 Å². The Morgan fingerprint density at radius 1 is 1.10 bits per heavy atom. The number of halogens is 2. The maximum atomic E-state index is 12.1. The average Bonchev–Trinajstić information content (AvgIpc) is 2.50. The quantitative estimate of drug-likeness (QED) is 0.857. The first-order chi connectivity index (χ1) is 10.1. The van der Waals surface area contributed by atoms with Crippen molar-refractivity contribution in [3.05, 3.63) is 69.2 Å². The predicted molar refractivity (Wildman–Crippen MR) is 87.6 cm³/mol. The van der Waals surface area contributed by atoms with Crippen LogP contribution in [0.15, 0.2) is 58.1 Å². The van der Waals surface area contributed by atoms with Crippen molar-refractivity contribution >= 4 is 39.1 Å². The lowest BCUT2D eigenvalue weighted by atomic mass is 9.89. The van der Waals surface area contributed by atoms with E-state index in [0.29, 0.717) is 11.4 Å². The van der Waals surface area contributed by atoms with Gasteiger partial charge in [-0.2, -0.15) is 5.10 Å². The van der Waals surface area contributed by atoms with Gasteiger partial charge in [-0.1, -0.05) is 51.8 Å². The van der Waals surface area contributed by atoms with Crippen molar-refractivity contribution in [2.45, 2.75) is 12.3 Å². The molecule has 21 heavy (non-hydrogen) atoms. The van der Waals surface area contributed by atoms with Crippen molar-refractivity contribution in [2.75, 3.05) is 0 Å². The van der Waals surface area contributed by atoms with E-state index in [1.165, 1.54) is 0 Å². The van der Waals surface area contributed by atoms with E-state index in [-0.39, 0.29) is 11.8 Å². The molecule has 2 aromatic rings. The fourth-order valence-corrected chi connectivity index (χ4v) is 2.71. The maximum absolute atomic E-state index is 12.1. The van der Waals surface area contributed by atoms with E-state index in [0.717, 1.165) is 21.3 Å². The summed E-state index contributed by atoms with van der Waals surface area (Å²) < 4.78 is 1.01. The molecule has 0 saturated heterocycles. The van der Waals surface area contributed by atoms with Crippen LogP contribution < -0.4 is 5.43 Å². The van der Waals surface area contributed by atoms with Crippen molar-refractivity contribution < 1.29 is 4.79 Å². The van der Waals surface area contributed by atoms with Gasteiger partial charge in [0.15, 0.2) is 0 Å². The maximum Gasteiger partial charge on any atom is 0.248 e. The molecular formula is C16H12BrClN2O. The summed E-state index contributed by atoms with van der Waals surface area (Å²) in [6.45, 7) is 0. The van der Waals surface area contributed by atoms with Crippen LogP contribution in [0.5, 0.6) is 0 Å². The largest absolute Gasteiger partial charge is 0.272 e. The van der Waals surface area contributed by atoms with E-state index in [1.54, 1.807) is 12.1 Å². The van der Waals surface area contributed by atoms with Crippen LogP contribution in [0, 0.1) is 0 Å². The minimum atomic E-state index is -0.238. The summed E-state index contributed by atoms with van der Waals surface area (Å²) in [6.07, 6.45) is 0.578. The van der Waals surface area contributed by atoms with Crippen LogP contribution in [0.3, 0.4) is 0 Å². The van der Waals surface area contributed by atoms with Gasteiger partial charge in [-0.05, 0) is 35.4 Å². The minimum Gasteiger partial charge on any atom is -0.272 e. The summed E-state index contributed by atoms with van der Waals surface area (Å²) in [6, 6.07) is 15.3. The third-order valence-corrected chi connectivity index (χ3v) is 4.25. The zero-order valence-corrected chi connectivity index (χ0v) is 13.4. The van der Waals surface area contributed by atoms with Gasteiger partial charge in [0.25, 0.3) is 0 Å². The molecule has 0 saturated carbocycles.